The number of hydrogen-bond donors (Lipinski definition) is 1. The Morgan fingerprint density at radius 1 is 1.24 bits per heavy atom. The Balaban J connectivity index is 1.67. The first kappa shape index (κ1) is 21.5. The lowest BCUT2D eigenvalue weighted by Crippen LogP contribution is -2.60. The van der Waals surface area contributed by atoms with Gasteiger partial charge in [0.25, 0.3) is 0 Å². The molecule has 8 heteroatoms. The number of carbonyl (C=O) groups excluding carboxylic acids is 2. The molecule has 2 aliphatic heterocycles. The van der Waals surface area contributed by atoms with Crippen LogP contribution in [0.2, 0.25) is 0 Å². The van der Waals surface area contributed by atoms with Crippen LogP contribution in [0.25, 0.3) is 0 Å². The molecule has 0 radical (unpaired) electrons. The molecule has 1 atom stereocenters. The average molecular weight is 405 g/mol. The number of amides is 1. The maximum atomic E-state index is 13.0. The van der Waals surface area contributed by atoms with Crippen molar-refractivity contribution >= 4 is 12.1 Å². The van der Waals surface area contributed by atoms with E-state index in [2.05, 4.69) is 29.0 Å². The van der Waals surface area contributed by atoms with Gasteiger partial charge in [0.1, 0.15) is 0 Å². The van der Waals surface area contributed by atoms with Crippen molar-refractivity contribution in [1.29, 1.82) is 0 Å². The summed E-state index contributed by atoms with van der Waals surface area (Å²) in [7, 11) is 0. The van der Waals surface area contributed by atoms with Gasteiger partial charge in [0, 0.05) is 37.9 Å². The Morgan fingerprint density at radius 3 is 2.62 bits per heavy atom. The monoisotopic (exact) mass is 404 g/mol. The first-order chi connectivity index (χ1) is 14.0. The lowest BCUT2D eigenvalue weighted by molar-refractivity contribution is 0.0268. The van der Waals surface area contributed by atoms with E-state index in [-0.39, 0.29) is 18.0 Å². The number of esters is 1. The van der Waals surface area contributed by atoms with Crippen LogP contribution < -0.4 is 10.1 Å². The molecule has 29 heavy (non-hydrogen) atoms. The SMILES string of the molecule is CCOC(=O)c1ccc(OC(=O)N2CCN(C(C)C)CC2C2CCNCC2)nc1. The van der Waals surface area contributed by atoms with E-state index >= 15 is 0 Å². The molecule has 3 rings (SSSR count). The van der Waals surface area contributed by atoms with Crippen LogP contribution in [0.5, 0.6) is 5.88 Å². The summed E-state index contributed by atoms with van der Waals surface area (Å²) in [5.74, 6) is 0.219. The molecule has 2 fully saturated rings. The van der Waals surface area contributed by atoms with Crippen LogP contribution in [0.1, 0.15) is 44.0 Å². The summed E-state index contributed by atoms with van der Waals surface area (Å²) < 4.78 is 10.5. The highest BCUT2D eigenvalue weighted by Gasteiger charge is 2.37. The standard InChI is InChI=1S/C21H32N4O4/c1-4-28-20(26)17-5-6-19(23-13-17)29-21(27)25-12-11-24(15(2)3)14-18(25)16-7-9-22-10-8-16/h5-6,13,15-16,18,22H,4,7-12,14H2,1-3H3. The van der Waals surface area contributed by atoms with Crippen molar-refractivity contribution in [3.05, 3.63) is 23.9 Å². The lowest BCUT2D eigenvalue weighted by Gasteiger charge is -2.46. The van der Waals surface area contributed by atoms with Crippen LogP contribution in [0.15, 0.2) is 18.3 Å². The highest BCUT2D eigenvalue weighted by atomic mass is 16.6. The number of rotatable bonds is 5. The molecule has 1 aromatic heterocycles. The molecule has 1 aromatic rings. The minimum absolute atomic E-state index is 0.138. The Kier molecular flexibility index (Phi) is 7.44. The van der Waals surface area contributed by atoms with Crippen molar-refractivity contribution in [3.63, 3.8) is 0 Å². The molecule has 1 unspecified atom stereocenters. The normalized spacial score (nSPS) is 21.2. The molecule has 0 spiro atoms. The van der Waals surface area contributed by atoms with Gasteiger partial charge in [-0.3, -0.25) is 4.90 Å². The number of carbonyl (C=O) groups is 2. The van der Waals surface area contributed by atoms with Gasteiger partial charge < -0.3 is 19.7 Å². The van der Waals surface area contributed by atoms with Gasteiger partial charge in [-0.1, -0.05) is 0 Å². The minimum Gasteiger partial charge on any atom is -0.462 e. The summed E-state index contributed by atoms with van der Waals surface area (Å²) in [5, 5.41) is 3.40. The number of piperazine rings is 1. The highest BCUT2D eigenvalue weighted by Crippen LogP contribution is 2.26. The molecule has 3 heterocycles. The Bertz CT molecular complexity index is 688. The molecule has 160 valence electrons. The van der Waals surface area contributed by atoms with E-state index in [1.54, 1.807) is 13.0 Å². The minimum atomic E-state index is -0.436. The third kappa shape index (κ3) is 5.45. The number of pyridine rings is 1. The number of aromatic nitrogens is 1. The summed E-state index contributed by atoms with van der Waals surface area (Å²) in [4.78, 5) is 33.1. The van der Waals surface area contributed by atoms with Crippen LogP contribution >= 0.6 is 0 Å². The molecule has 0 aliphatic carbocycles. The summed E-state index contributed by atoms with van der Waals surface area (Å²) in [5.41, 5.74) is 0.338. The van der Waals surface area contributed by atoms with Crippen molar-refractivity contribution in [2.24, 2.45) is 5.92 Å². The first-order valence-corrected chi connectivity index (χ1v) is 10.6. The number of piperidine rings is 1. The summed E-state index contributed by atoms with van der Waals surface area (Å²) >= 11 is 0. The van der Waals surface area contributed by atoms with Gasteiger partial charge >= 0.3 is 12.1 Å². The molecular formula is C21H32N4O4. The van der Waals surface area contributed by atoms with Crippen molar-refractivity contribution in [2.45, 2.75) is 45.7 Å². The maximum absolute atomic E-state index is 13.0. The second kappa shape index (κ2) is 10.0. The van der Waals surface area contributed by atoms with Gasteiger partial charge in [0.15, 0.2) is 0 Å². The Hall–Kier alpha value is -2.19. The van der Waals surface area contributed by atoms with Gasteiger partial charge in [0.05, 0.1) is 18.2 Å². The highest BCUT2D eigenvalue weighted by molar-refractivity contribution is 5.89. The third-order valence-corrected chi connectivity index (χ3v) is 5.78. The zero-order valence-electron chi connectivity index (χ0n) is 17.6. The molecule has 0 saturated carbocycles. The Morgan fingerprint density at radius 2 is 2.00 bits per heavy atom. The number of nitrogens with zero attached hydrogens (tertiary/aromatic N) is 3. The van der Waals surface area contributed by atoms with Crippen LogP contribution in [0, 0.1) is 5.92 Å². The van der Waals surface area contributed by atoms with Crippen LogP contribution in [0.3, 0.4) is 0 Å². The van der Waals surface area contributed by atoms with Gasteiger partial charge in [-0.15, -0.1) is 0 Å². The predicted octanol–water partition coefficient (Wildman–Crippen LogP) is 2.15. The van der Waals surface area contributed by atoms with Gasteiger partial charge in [-0.25, -0.2) is 14.6 Å². The van der Waals surface area contributed by atoms with Gasteiger partial charge in [-0.05, 0) is 58.7 Å². The van der Waals surface area contributed by atoms with E-state index in [1.165, 1.54) is 12.3 Å². The van der Waals surface area contributed by atoms with Crippen molar-refractivity contribution < 1.29 is 19.1 Å². The van der Waals surface area contributed by atoms with Crippen molar-refractivity contribution in [2.75, 3.05) is 39.3 Å². The maximum Gasteiger partial charge on any atom is 0.416 e. The molecule has 1 N–H and O–H groups in total. The zero-order chi connectivity index (χ0) is 20.8. The fourth-order valence-electron chi connectivity index (χ4n) is 4.08. The molecule has 0 aromatic carbocycles. The van der Waals surface area contributed by atoms with Crippen molar-refractivity contribution in [3.8, 4) is 5.88 Å². The van der Waals surface area contributed by atoms with Gasteiger partial charge in [-0.2, -0.15) is 0 Å². The largest absolute Gasteiger partial charge is 0.462 e. The molecule has 2 saturated heterocycles. The zero-order valence-corrected chi connectivity index (χ0v) is 17.6. The van der Waals surface area contributed by atoms with E-state index in [0.29, 0.717) is 30.7 Å². The fraction of sp³-hybridized carbons (Fsp3) is 0.667. The molecule has 0 bridgehead atoms. The summed E-state index contributed by atoms with van der Waals surface area (Å²) in [6.07, 6.45) is 3.13. The van der Waals surface area contributed by atoms with Crippen molar-refractivity contribution in [1.82, 2.24) is 20.1 Å². The van der Waals surface area contributed by atoms with E-state index in [9.17, 15) is 9.59 Å². The fourth-order valence-corrected chi connectivity index (χ4v) is 4.08. The lowest BCUT2D eigenvalue weighted by atomic mass is 9.87. The van der Waals surface area contributed by atoms with E-state index < -0.39 is 5.97 Å². The second-order valence-electron chi connectivity index (χ2n) is 7.91. The number of ether oxygens (including phenoxy) is 2. The summed E-state index contributed by atoms with van der Waals surface area (Å²) in [6, 6.07) is 3.69. The molecule has 1 amide bonds. The summed E-state index contributed by atoms with van der Waals surface area (Å²) in [6.45, 7) is 10.8. The van der Waals surface area contributed by atoms with E-state index in [0.717, 1.165) is 39.0 Å². The second-order valence-corrected chi connectivity index (χ2v) is 7.91. The third-order valence-electron chi connectivity index (χ3n) is 5.78. The average Bonchev–Trinajstić information content (AvgIpc) is 2.74. The number of nitrogens with one attached hydrogen (secondary N) is 1. The molecule has 8 nitrogen and oxygen atoms in total. The molecular weight excluding hydrogens is 372 g/mol. The van der Waals surface area contributed by atoms with Gasteiger partial charge in [0.2, 0.25) is 5.88 Å². The first-order valence-electron chi connectivity index (χ1n) is 10.6. The van der Waals surface area contributed by atoms with Crippen LogP contribution in [0.4, 0.5) is 4.79 Å². The molecule has 2 aliphatic rings. The predicted molar refractivity (Wildman–Crippen MR) is 109 cm³/mol. The smallest absolute Gasteiger partial charge is 0.416 e. The van der Waals surface area contributed by atoms with Crippen LogP contribution in [-0.2, 0) is 4.74 Å². The Labute approximate surface area is 172 Å². The topological polar surface area (TPSA) is 84.0 Å². The van der Waals surface area contributed by atoms with Crippen LogP contribution in [-0.4, -0.2) is 78.3 Å². The van der Waals surface area contributed by atoms with E-state index in [4.69, 9.17) is 9.47 Å². The number of hydrogen-bond acceptors (Lipinski definition) is 7. The quantitative estimate of drug-likeness (QED) is 0.753. The van der Waals surface area contributed by atoms with E-state index in [1.807, 2.05) is 4.90 Å².